The summed E-state index contributed by atoms with van der Waals surface area (Å²) in [5.74, 6) is 0.101. The average molecular weight is 310 g/mol. The summed E-state index contributed by atoms with van der Waals surface area (Å²) in [6, 6.07) is 18.6. The lowest BCUT2D eigenvalue weighted by molar-refractivity contribution is -0.121. The number of amides is 1. The second-order valence-corrected chi connectivity index (χ2v) is 5.79. The van der Waals surface area contributed by atoms with Crippen LogP contribution in [0.25, 0.3) is 0 Å². The number of rotatable bonds is 9. The van der Waals surface area contributed by atoms with E-state index in [-0.39, 0.29) is 5.91 Å². The van der Waals surface area contributed by atoms with Crippen molar-refractivity contribution in [3.05, 3.63) is 71.3 Å². The van der Waals surface area contributed by atoms with Gasteiger partial charge in [-0.15, -0.1) is 0 Å². The lowest BCUT2D eigenvalue weighted by Crippen LogP contribution is -2.28. The Morgan fingerprint density at radius 2 is 1.70 bits per heavy atom. The van der Waals surface area contributed by atoms with Crippen molar-refractivity contribution in [2.75, 3.05) is 13.1 Å². The quantitative estimate of drug-likeness (QED) is 0.698. The van der Waals surface area contributed by atoms with E-state index in [1.165, 1.54) is 16.7 Å². The standard InChI is InChI=1S/C20H26N2O/c1-17-8-5-6-12-19(17)16-22-20(23)13-15-21-14-7-11-18-9-3-2-4-10-18/h2-6,8-10,12,21H,7,11,13-16H2,1H3,(H,22,23). The molecule has 23 heavy (non-hydrogen) atoms. The van der Waals surface area contributed by atoms with E-state index < -0.39 is 0 Å². The van der Waals surface area contributed by atoms with Gasteiger partial charge in [0.15, 0.2) is 0 Å². The number of carbonyl (C=O) groups is 1. The summed E-state index contributed by atoms with van der Waals surface area (Å²) in [7, 11) is 0. The first-order valence-corrected chi connectivity index (χ1v) is 8.31. The fourth-order valence-corrected chi connectivity index (χ4v) is 2.48. The summed E-state index contributed by atoms with van der Waals surface area (Å²) in [6.45, 7) is 4.35. The fourth-order valence-electron chi connectivity index (χ4n) is 2.48. The minimum Gasteiger partial charge on any atom is -0.352 e. The molecule has 0 aromatic heterocycles. The van der Waals surface area contributed by atoms with Crippen LogP contribution in [-0.4, -0.2) is 19.0 Å². The Bertz CT molecular complexity index is 596. The zero-order valence-electron chi connectivity index (χ0n) is 13.8. The molecule has 0 fully saturated rings. The SMILES string of the molecule is Cc1ccccc1CNC(=O)CCNCCCc1ccccc1. The number of hydrogen-bond acceptors (Lipinski definition) is 2. The number of nitrogens with one attached hydrogen (secondary N) is 2. The van der Waals surface area contributed by atoms with Crippen LogP contribution in [0.2, 0.25) is 0 Å². The molecule has 0 atom stereocenters. The van der Waals surface area contributed by atoms with Gasteiger partial charge in [-0.1, -0.05) is 54.6 Å². The zero-order valence-corrected chi connectivity index (χ0v) is 13.8. The molecular formula is C20H26N2O. The highest BCUT2D eigenvalue weighted by atomic mass is 16.1. The fraction of sp³-hybridized carbons (Fsp3) is 0.350. The van der Waals surface area contributed by atoms with Crippen LogP contribution in [0.3, 0.4) is 0 Å². The van der Waals surface area contributed by atoms with Crippen molar-refractivity contribution in [3.63, 3.8) is 0 Å². The number of carbonyl (C=O) groups excluding carboxylic acids is 1. The summed E-state index contributed by atoms with van der Waals surface area (Å²) in [5.41, 5.74) is 3.76. The first kappa shape index (κ1) is 17.2. The Balaban J connectivity index is 1.52. The first-order valence-electron chi connectivity index (χ1n) is 8.31. The van der Waals surface area contributed by atoms with Crippen LogP contribution in [0.1, 0.15) is 29.5 Å². The number of benzene rings is 2. The predicted molar refractivity (Wildman–Crippen MR) is 95.3 cm³/mol. The highest BCUT2D eigenvalue weighted by Gasteiger charge is 2.02. The third-order valence-corrected chi connectivity index (χ3v) is 3.93. The average Bonchev–Trinajstić information content (AvgIpc) is 2.58. The molecule has 0 spiro atoms. The van der Waals surface area contributed by atoms with Gasteiger partial charge in [-0.2, -0.15) is 0 Å². The molecule has 0 aliphatic rings. The van der Waals surface area contributed by atoms with Crippen molar-refractivity contribution in [3.8, 4) is 0 Å². The maximum Gasteiger partial charge on any atom is 0.221 e. The topological polar surface area (TPSA) is 41.1 Å². The second kappa shape index (κ2) is 9.80. The number of aryl methyl sites for hydroxylation is 2. The summed E-state index contributed by atoms with van der Waals surface area (Å²) in [6.07, 6.45) is 2.69. The van der Waals surface area contributed by atoms with Gasteiger partial charge in [0.05, 0.1) is 0 Å². The third-order valence-electron chi connectivity index (χ3n) is 3.93. The van der Waals surface area contributed by atoms with Gasteiger partial charge in [0.2, 0.25) is 5.91 Å². The van der Waals surface area contributed by atoms with Gasteiger partial charge < -0.3 is 10.6 Å². The van der Waals surface area contributed by atoms with Crippen LogP contribution in [0.15, 0.2) is 54.6 Å². The normalized spacial score (nSPS) is 10.5. The molecule has 3 nitrogen and oxygen atoms in total. The smallest absolute Gasteiger partial charge is 0.221 e. The first-order chi connectivity index (χ1) is 11.3. The Labute approximate surface area is 139 Å². The van der Waals surface area contributed by atoms with E-state index >= 15 is 0 Å². The van der Waals surface area contributed by atoms with Gasteiger partial charge >= 0.3 is 0 Å². The highest BCUT2D eigenvalue weighted by molar-refractivity contribution is 5.76. The predicted octanol–water partition coefficient (Wildman–Crippen LogP) is 3.22. The van der Waals surface area contributed by atoms with Gasteiger partial charge in [-0.25, -0.2) is 0 Å². The molecule has 0 unspecified atom stereocenters. The van der Waals surface area contributed by atoms with E-state index in [0.29, 0.717) is 13.0 Å². The minimum atomic E-state index is 0.101. The largest absolute Gasteiger partial charge is 0.352 e. The summed E-state index contributed by atoms with van der Waals surface area (Å²) in [5, 5.41) is 6.31. The van der Waals surface area contributed by atoms with E-state index in [1.54, 1.807) is 0 Å². The molecule has 0 saturated heterocycles. The van der Waals surface area contributed by atoms with Crippen LogP contribution in [0.4, 0.5) is 0 Å². The monoisotopic (exact) mass is 310 g/mol. The molecule has 0 saturated carbocycles. The highest BCUT2D eigenvalue weighted by Crippen LogP contribution is 2.06. The van der Waals surface area contributed by atoms with E-state index in [1.807, 2.05) is 18.2 Å². The van der Waals surface area contributed by atoms with Gasteiger partial charge in [0.1, 0.15) is 0 Å². The van der Waals surface area contributed by atoms with Gasteiger partial charge in [0, 0.05) is 19.5 Å². The molecule has 2 aromatic rings. The van der Waals surface area contributed by atoms with Gasteiger partial charge in [-0.3, -0.25) is 4.79 Å². The molecular weight excluding hydrogens is 284 g/mol. The molecule has 3 heteroatoms. The van der Waals surface area contributed by atoms with Gasteiger partial charge in [0.25, 0.3) is 0 Å². The molecule has 2 aromatic carbocycles. The van der Waals surface area contributed by atoms with Crippen LogP contribution in [-0.2, 0) is 17.8 Å². The molecule has 2 N–H and O–H groups in total. The molecule has 0 radical (unpaired) electrons. The summed E-state index contributed by atoms with van der Waals surface area (Å²) >= 11 is 0. The maximum atomic E-state index is 11.8. The number of hydrogen-bond donors (Lipinski definition) is 2. The Kier molecular flexibility index (Phi) is 7.34. The summed E-state index contributed by atoms with van der Waals surface area (Å²) < 4.78 is 0. The van der Waals surface area contributed by atoms with Crippen molar-refractivity contribution in [2.45, 2.75) is 32.7 Å². The molecule has 0 bridgehead atoms. The molecule has 0 aliphatic heterocycles. The zero-order chi connectivity index (χ0) is 16.3. The molecule has 0 heterocycles. The van der Waals surface area contributed by atoms with Crippen LogP contribution in [0, 0.1) is 6.92 Å². The lowest BCUT2D eigenvalue weighted by Gasteiger charge is -2.08. The Hall–Kier alpha value is -2.13. The van der Waals surface area contributed by atoms with Crippen LogP contribution < -0.4 is 10.6 Å². The summed E-state index contributed by atoms with van der Waals surface area (Å²) in [4.78, 5) is 11.8. The molecule has 1 amide bonds. The Morgan fingerprint density at radius 3 is 2.48 bits per heavy atom. The van der Waals surface area contributed by atoms with E-state index in [2.05, 4.69) is 54.0 Å². The molecule has 2 rings (SSSR count). The van der Waals surface area contributed by atoms with E-state index in [9.17, 15) is 4.79 Å². The van der Waals surface area contributed by atoms with Gasteiger partial charge in [-0.05, 0) is 43.0 Å². The lowest BCUT2D eigenvalue weighted by atomic mass is 10.1. The van der Waals surface area contributed by atoms with Crippen molar-refractivity contribution in [1.29, 1.82) is 0 Å². The van der Waals surface area contributed by atoms with Crippen molar-refractivity contribution in [1.82, 2.24) is 10.6 Å². The van der Waals surface area contributed by atoms with E-state index in [0.717, 1.165) is 25.9 Å². The minimum absolute atomic E-state index is 0.101. The van der Waals surface area contributed by atoms with Crippen molar-refractivity contribution >= 4 is 5.91 Å². The van der Waals surface area contributed by atoms with E-state index in [4.69, 9.17) is 0 Å². The maximum absolute atomic E-state index is 11.8. The van der Waals surface area contributed by atoms with Crippen LogP contribution in [0.5, 0.6) is 0 Å². The van der Waals surface area contributed by atoms with Crippen molar-refractivity contribution < 1.29 is 4.79 Å². The Morgan fingerprint density at radius 1 is 0.957 bits per heavy atom. The molecule has 122 valence electrons. The molecule has 0 aliphatic carbocycles. The van der Waals surface area contributed by atoms with Crippen LogP contribution >= 0.6 is 0 Å². The second-order valence-electron chi connectivity index (χ2n) is 5.79. The van der Waals surface area contributed by atoms with Crippen molar-refractivity contribution in [2.24, 2.45) is 0 Å². The third kappa shape index (κ3) is 6.66.